The van der Waals surface area contributed by atoms with E-state index in [4.69, 9.17) is 4.74 Å². The zero-order valence-electron chi connectivity index (χ0n) is 11.9. The predicted molar refractivity (Wildman–Crippen MR) is 84.0 cm³/mol. The molecule has 1 aromatic heterocycles. The van der Waals surface area contributed by atoms with Crippen LogP contribution in [0.25, 0.3) is 17.1 Å². The van der Waals surface area contributed by atoms with E-state index in [1.165, 1.54) is 0 Å². The summed E-state index contributed by atoms with van der Waals surface area (Å²) < 4.78 is 6.71. The fraction of sp³-hybridized carbons (Fsp3) is 0.118. The van der Waals surface area contributed by atoms with E-state index in [1.54, 1.807) is 4.68 Å². The van der Waals surface area contributed by atoms with Gasteiger partial charge in [-0.15, -0.1) is 5.10 Å². The van der Waals surface area contributed by atoms with E-state index in [-0.39, 0.29) is 19.1 Å². The quantitative estimate of drug-likeness (QED) is 0.679. The molecule has 0 atom stereocenters. The van der Waals surface area contributed by atoms with Gasteiger partial charge in [0.25, 0.3) is 0 Å². The lowest BCUT2D eigenvalue weighted by Crippen LogP contribution is -2.14. The Morgan fingerprint density at radius 3 is 2.73 bits per heavy atom. The van der Waals surface area contributed by atoms with Gasteiger partial charge in [-0.05, 0) is 23.8 Å². The molecular formula is C17H15N3O2. The summed E-state index contributed by atoms with van der Waals surface area (Å²) in [5, 5.41) is 7.96. The molecule has 0 bridgehead atoms. The van der Waals surface area contributed by atoms with Crippen LogP contribution in [-0.4, -0.2) is 27.6 Å². The van der Waals surface area contributed by atoms with Crippen molar-refractivity contribution < 1.29 is 9.53 Å². The molecule has 0 N–H and O–H groups in total. The molecule has 0 radical (unpaired) electrons. The average molecular weight is 293 g/mol. The summed E-state index contributed by atoms with van der Waals surface area (Å²) in [5.74, 6) is -0.339. The molecule has 0 saturated carbocycles. The highest BCUT2D eigenvalue weighted by atomic mass is 16.5. The topological polar surface area (TPSA) is 57.0 Å². The zero-order valence-corrected chi connectivity index (χ0v) is 11.9. The molecule has 0 amide bonds. The molecule has 0 saturated heterocycles. The molecule has 2 aromatic carbocycles. The molecule has 5 nitrogen and oxygen atoms in total. The first-order valence-electron chi connectivity index (χ1n) is 6.98. The van der Waals surface area contributed by atoms with Crippen molar-refractivity contribution >= 4 is 23.1 Å². The highest BCUT2D eigenvalue weighted by Gasteiger charge is 2.08. The van der Waals surface area contributed by atoms with Gasteiger partial charge in [-0.1, -0.05) is 53.8 Å². The molecule has 0 aliphatic rings. The lowest BCUT2D eigenvalue weighted by Gasteiger charge is -2.02. The first-order chi connectivity index (χ1) is 10.8. The highest BCUT2D eigenvalue weighted by molar-refractivity contribution is 5.77. The SMILES string of the molecule is O=C(Cn1nnc2ccccc21)OC/C=C/c1ccccc1. The van der Waals surface area contributed by atoms with Crippen molar-refractivity contribution in [3.8, 4) is 0 Å². The molecule has 0 unspecified atom stereocenters. The van der Waals surface area contributed by atoms with Crippen molar-refractivity contribution in [2.75, 3.05) is 6.61 Å². The van der Waals surface area contributed by atoms with Crippen LogP contribution in [0.5, 0.6) is 0 Å². The van der Waals surface area contributed by atoms with Crippen LogP contribution in [0.4, 0.5) is 0 Å². The standard InChI is InChI=1S/C17H15N3O2/c21-17(22-12-6-9-14-7-2-1-3-8-14)13-20-16-11-5-4-10-15(16)18-19-20/h1-11H,12-13H2/b9-6+. The molecule has 0 spiro atoms. The fourth-order valence-corrected chi connectivity index (χ4v) is 2.09. The third-order valence-electron chi connectivity index (χ3n) is 3.15. The first-order valence-corrected chi connectivity index (χ1v) is 6.98. The molecule has 0 fully saturated rings. The summed E-state index contributed by atoms with van der Waals surface area (Å²) in [5.41, 5.74) is 2.65. The second-order valence-corrected chi connectivity index (χ2v) is 4.73. The van der Waals surface area contributed by atoms with Crippen LogP contribution in [0.3, 0.4) is 0 Å². The molecule has 3 aromatic rings. The lowest BCUT2D eigenvalue weighted by atomic mass is 10.2. The average Bonchev–Trinajstić information content (AvgIpc) is 2.96. The van der Waals surface area contributed by atoms with Crippen LogP contribution < -0.4 is 0 Å². The molecule has 5 heteroatoms. The van der Waals surface area contributed by atoms with Gasteiger partial charge in [0, 0.05) is 0 Å². The van der Waals surface area contributed by atoms with E-state index in [0.29, 0.717) is 0 Å². The number of benzene rings is 2. The Kier molecular flexibility index (Phi) is 4.25. The Morgan fingerprint density at radius 2 is 1.86 bits per heavy atom. The first kappa shape index (κ1) is 14.0. The van der Waals surface area contributed by atoms with Gasteiger partial charge < -0.3 is 4.74 Å². The minimum absolute atomic E-state index is 0.0552. The molecule has 1 heterocycles. The van der Waals surface area contributed by atoms with E-state index in [2.05, 4.69) is 10.3 Å². The summed E-state index contributed by atoms with van der Waals surface area (Å²) in [4.78, 5) is 11.8. The number of esters is 1. The fourth-order valence-electron chi connectivity index (χ4n) is 2.09. The number of rotatable bonds is 5. The summed E-state index contributed by atoms with van der Waals surface area (Å²) in [6, 6.07) is 17.3. The minimum atomic E-state index is -0.339. The summed E-state index contributed by atoms with van der Waals surface area (Å²) in [6.07, 6.45) is 3.73. The van der Waals surface area contributed by atoms with E-state index in [9.17, 15) is 4.79 Å². The van der Waals surface area contributed by atoms with Gasteiger partial charge in [0.05, 0.1) is 5.52 Å². The molecule has 22 heavy (non-hydrogen) atoms. The number of carbonyl (C=O) groups excluding carboxylic acids is 1. The smallest absolute Gasteiger partial charge is 0.328 e. The summed E-state index contributed by atoms with van der Waals surface area (Å²) in [6.45, 7) is 0.292. The third-order valence-corrected chi connectivity index (χ3v) is 3.15. The van der Waals surface area contributed by atoms with Crippen LogP contribution in [-0.2, 0) is 16.1 Å². The third kappa shape index (κ3) is 3.38. The van der Waals surface area contributed by atoms with Gasteiger partial charge in [0.15, 0.2) is 0 Å². The normalized spacial score (nSPS) is 11.1. The van der Waals surface area contributed by atoms with Crippen LogP contribution in [0.15, 0.2) is 60.7 Å². The van der Waals surface area contributed by atoms with Gasteiger partial charge in [-0.25, -0.2) is 4.68 Å². The van der Waals surface area contributed by atoms with E-state index in [1.807, 2.05) is 66.7 Å². The number of nitrogens with zero attached hydrogens (tertiary/aromatic N) is 3. The Balaban J connectivity index is 1.54. The number of ether oxygens (including phenoxy) is 1. The Labute approximate surface area is 127 Å². The molecule has 3 rings (SSSR count). The second kappa shape index (κ2) is 6.67. The van der Waals surface area contributed by atoms with Crippen LogP contribution in [0.1, 0.15) is 5.56 Å². The Bertz CT molecular complexity index is 794. The molecule has 0 aliphatic heterocycles. The number of hydrogen-bond donors (Lipinski definition) is 0. The van der Waals surface area contributed by atoms with E-state index >= 15 is 0 Å². The number of fused-ring (bicyclic) bond motifs is 1. The monoisotopic (exact) mass is 293 g/mol. The van der Waals surface area contributed by atoms with Gasteiger partial charge in [-0.3, -0.25) is 4.79 Å². The van der Waals surface area contributed by atoms with Crippen LogP contribution >= 0.6 is 0 Å². The van der Waals surface area contributed by atoms with Gasteiger partial charge >= 0.3 is 5.97 Å². The van der Waals surface area contributed by atoms with E-state index < -0.39 is 0 Å². The van der Waals surface area contributed by atoms with Crippen molar-refractivity contribution in [3.05, 3.63) is 66.2 Å². The van der Waals surface area contributed by atoms with Crippen LogP contribution in [0, 0.1) is 0 Å². The molecule has 110 valence electrons. The maximum Gasteiger partial charge on any atom is 0.328 e. The zero-order chi connectivity index (χ0) is 15.2. The van der Waals surface area contributed by atoms with Crippen molar-refractivity contribution in [2.24, 2.45) is 0 Å². The Hall–Kier alpha value is -2.95. The van der Waals surface area contributed by atoms with Crippen molar-refractivity contribution in [3.63, 3.8) is 0 Å². The summed E-state index contributed by atoms with van der Waals surface area (Å²) >= 11 is 0. The number of aromatic nitrogens is 3. The molecule has 0 aliphatic carbocycles. The van der Waals surface area contributed by atoms with Crippen molar-refractivity contribution in [1.82, 2.24) is 15.0 Å². The van der Waals surface area contributed by atoms with Gasteiger partial charge in [0.2, 0.25) is 0 Å². The number of para-hydroxylation sites is 1. The number of hydrogen-bond acceptors (Lipinski definition) is 4. The van der Waals surface area contributed by atoms with Crippen molar-refractivity contribution in [1.29, 1.82) is 0 Å². The predicted octanol–water partition coefficient (Wildman–Crippen LogP) is 2.69. The maximum atomic E-state index is 11.8. The molecular weight excluding hydrogens is 278 g/mol. The van der Waals surface area contributed by atoms with Gasteiger partial charge in [0.1, 0.15) is 18.7 Å². The summed E-state index contributed by atoms with van der Waals surface area (Å²) in [7, 11) is 0. The highest BCUT2D eigenvalue weighted by Crippen LogP contribution is 2.09. The number of carbonyl (C=O) groups is 1. The van der Waals surface area contributed by atoms with Crippen molar-refractivity contribution in [2.45, 2.75) is 6.54 Å². The largest absolute Gasteiger partial charge is 0.460 e. The minimum Gasteiger partial charge on any atom is -0.460 e. The van der Waals surface area contributed by atoms with Gasteiger partial charge in [-0.2, -0.15) is 0 Å². The second-order valence-electron chi connectivity index (χ2n) is 4.73. The lowest BCUT2D eigenvalue weighted by molar-refractivity contribution is -0.143. The van der Waals surface area contributed by atoms with E-state index in [0.717, 1.165) is 16.6 Å². The van der Waals surface area contributed by atoms with Crippen LogP contribution in [0.2, 0.25) is 0 Å². The Morgan fingerprint density at radius 1 is 1.09 bits per heavy atom. The maximum absolute atomic E-state index is 11.8.